The Kier molecular flexibility index (Phi) is 3.33. The van der Waals surface area contributed by atoms with Gasteiger partial charge in [0, 0.05) is 18.1 Å². The van der Waals surface area contributed by atoms with Gasteiger partial charge in [0.15, 0.2) is 11.5 Å². The van der Waals surface area contributed by atoms with E-state index >= 15 is 0 Å². The molecule has 0 saturated heterocycles. The van der Waals surface area contributed by atoms with Crippen LogP contribution in [0.3, 0.4) is 0 Å². The smallest absolute Gasteiger partial charge is 0.358 e. The summed E-state index contributed by atoms with van der Waals surface area (Å²) in [6.07, 6.45) is -0.388. The molecule has 0 saturated carbocycles. The van der Waals surface area contributed by atoms with E-state index in [0.29, 0.717) is 11.1 Å². The van der Waals surface area contributed by atoms with Gasteiger partial charge in [0.25, 0.3) is 0 Å². The van der Waals surface area contributed by atoms with Crippen LogP contribution in [0.5, 0.6) is 0 Å². The van der Waals surface area contributed by atoms with Crippen molar-refractivity contribution >= 4 is 5.97 Å². The maximum absolute atomic E-state index is 12.9. The topological polar surface area (TPSA) is 63.3 Å². The van der Waals surface area contributed by atoms with Crippen LogP contribution in [0.2, 0.25) is 0 Å². The zero-order valence-corrected chi connectivity index (χ0v) is 10.1. The first-order valence-electron chi connectivity index (χ1n) is 5.52. The minimum atomic E-state index is -2.80. The van der Waals surface area contributed by atoms with Crippen LogP contribution < -0.4 is 0 Å². The van der Waals surface area contributed by atoms with E-state index in [2.05, 4.69) is 5.16 Å². The van der Waals surface area contributed by atoms with Crippen molar-refractivity contribution in [2.45, 2.75) is 19.3 Å². The lowest BCUT2D eigenvalue weighted by atomic mass is 10.0. The van der Waals surface area contributed by atoms with E-state index in [9.17, 15) is 13.6 Å². The standard InChI is InChI=1S/C13H11F2NO3/c1-13(14,15)7-8-3-2-4-9(5-8)11-6-10(12(17)18)16-19-11/h2-6H,7H2,1H3,(H,17,18). The summed E-state index contributed by atoms with van der Waals surface area (Å²) in [6, 6.07) is 7.62. The van der Waals surface area contributed by atoms with E-state index < -0.39 is 11.9 Å². The summed E-state index contributed by atoms with van der Waals surface area (Å²) in [5.74, 6) is -3.77. The number of alkyl halides is 2. The quantitative estimate of drug-likeness (QED) is 0.923. The minimum absolute atomic E-state index is 0.221. The first-order valence-corrected chi connectivity index (χ1v) is 5.52. The van der Waals surface area contributed by atoms with Gasteiger partial charge in [0.1, 0.15) is 0 Å². The molecule has 1 aromatic heterocycles. The van der Waals surface area contributed by atoms with Gasteiger partial charge in [-0.05, 0) is 18.6 Å². The number of nitrogens with zero attached hydrogens (tertiary/aromatic N) is 1. The molecule has 0 atom stereocenters. The predicted molar refractivity (Wildman–Crippen MR) is 63.2 cm³/mol. The van der Waals surface area contributed by atoms with E-state index in [1.165, 1.54) is 12.1 Å². The maximum atomic E-state index is 12.9. The van der Waals surface area contributed by atoms with Gasteiger partial charge in [-0.2, -0.15) is 0 Å². The number of hydrogen-bond donors (Lipinski definition) is 1. The monoisotopic (exact) mass is 267 g/mol. The van der Waals surface area contributed by atoms with Crippen LogP contribution in [-0.4, -0.2) is 22.2 Å². The highest BCUT2D eigenvalue weighted by Gasteiger charge is 2.22. The van der Waals surface area contributed by atoms with Gasteiger partial charge >= 0.3 is 5.97 Å². The number of aromatic carboxylic acids is 1. The van der Waals surface area contributed by atoms with E-state index in [1.54, 1.807) is 18.2 Å². The van der Waals surface area contributed by atoms with Crippen molar-refractivity contribution in [3.05, 3.63) is 41.6 Å². The highest BCUT2D eigenvalue weighted by atomic mass is 19.3. The molecule has 0 amide bonds. The van der Waals surface area contributed by atoms with Crippen molar-refractivity contribution in [2.75, 3.05) is 0 Å². The molecular formula is C13H11F2NO3. The second-order valence-corrected chi connectivity index (χ2v) is 4.33. The third kappa shape index (κ3) is 3.37. The fourth-order valence-corrected chi connectivity index (χ4v) is 1.71. The normalized spacial score (nSPS) is 11.5. The van der Waals surface area contributed by atoms with Crippen molar-refractivity contribution in [2.24, 2.45) is 0 Å². The first kappa shape index (κ1) is 13.2. The van der Waals surface area contributed by atoms with Crippen LogP contribution >= 0.6 is 0 Å². The lowest BCUT2D eigenvalue weighted by Crippen LogP contribution is -2.13. The Morgan fingerprint density at radius 2 is 2.16 bits per heavy atom. The average Bonchev–Trinajstić information content (AvgIpc) is 2.76. The highest BCUT2D eigenvalue weighted by molar-refractivity contribution is 5.86. The number of hydrogen-bond acceptors (Lipinski definition) is 3. The summed E-state index contributed by atoms with van der Waals surface area (Å²) in [7, 11) is 0. The molecule has 0 aliphatic heterocycles. The Hall–Kier alpha value is -2.24. The molecule has 0 aliphatic carbocycles. The van der Waals surface area contributed by atoms with Crippen LogP contribution in [0.15, 0.2) is 34.9 Å². The Morgan fingerprint density at radius 1 is 1.42 bits per heavy atom. The van der Waals surface area contributed by atoms with E-state index in [0.717, 1.165) is 6.92 Å². The Labute approximate surface area is 107 Å². The van der Waals surface area contributed by atoms with E-state index in [-0.39, 0.29) is 17.9 Å². The van der Waals surface area contributed by atoms with Gasteiger partial charge in [0.2, 0.25) is 5.92 Å². The van der Waals surface area contributed by atoms with Crippen LogP contribution in [0.25, 0.3) is 11.3 Å². The van der Waals surface area contributed by atoms with Crippen molar-refractivity contribution in [1.82, 2.24) is 5.16 Å². The third-order valence-electron chi connectivity index (χ3n) is 2.46. The molecule has 19 heavy (non-hydrogen) atoms. The van der Waals surface area contributed by atoms with Crippen LogP contribution in [-0.2, 0) is 6.42 Å². The largest absolute Gasteiger partial charge is 0.476 e. The molecule has 1 heterocycles. The fourth-order valence-electron chi connectivity index (χ4n) is 1.71. The first-order chi connectivity index (χ1) is 8.85. The summed E-state index contributed by atoms with van der Waals surface area (Å²) >= 11 is 0. The van der Waals surface area contributed by atoms with Crippen molar-refractivity contribution in [3.63, 3.8) is 0 Å². The Bertz CT molecular complexity index is 602. The number of carboxylic acid groups (broad SMARTS) is 1. The van der Waals surface area contributed by atoms with Crippen molar-refractivity contribution in [1.29, 1.82) is 0 Å². The molecular weight excluding hydrogens is 256 g/mol. The third-order valence-corrected chi connectivity index (χ3v) is 2.46. The molecule has 1 aromatic carbocycles. The van der Waals surface area contributed by atoms with Crippen LogP contribution in [0.4, 0.5) is 8.78 Å². The van der Waals surface area contributed by atoms with Gasteiger partial charge in [-0.25, -0.2) is 13.6 Å². The number of rotatable bonds is 4. The predicted octanol–water partition coefficient (Wildman–Crippen LogP) is 3.24. The molecule has 1 N–H and O–H groups in total. The zero-order chi connectivity index (χ0) is 14.0. The van der Waals surface area contributed by atoms with Gasteiger partial charge in [0.05, 0.1) is 0 Å². The molecule has 2 aromatic rings. The van der Waals surface area contributed by atoms with Crippen LogP contribution in [0, 0.1) is 0 Å². The average molecular weight is 267 g/mol. The molecule has 0 aliphatic rings. The second-order valence-electron chi connectivity index (χ2n) is 4.33. The summed E-state index contributed by atoms with van der Waals surface area (Å²) in [5.41, 5.74) is 0.737. The minimum Gasteiger partial charge on any atom is -0.476 e. The number of carboxylic acids is 1. The summed E-state index contributed by atoms with van der Waals surface area (Å²) in [6.45, 7) is 0.844. The zero-order valence-electron chi connectivity index (χ0n) is 10.1. The van der Waals surface area contributed by atoms with Gasteiger partial charge in [-0.1, -0.05) is 23.4 Å². The van der Waals surface area contributed by atoms with Gasteiger partial charge in [-0.3, -0.25) is 0 Å². The maximum Gasteiger partial charge on any atom is 0.358 e. The number of halogens is 2. The molecule has 2 rings (SSSR count). The second kappa shape index (κ2) is 4.79. The lowest BCUT2D eigenvalue weighted by Gasteiger charge is -2.10. The molecule has 0 unspecified atom stereocenters. The highest BCUT2D eigenvalue weighted by Crippen LogP contribution is 2.25. The van der Waals surface area contributed by atoms with E-state index in [4.69, 9.17) is 9.63 Å². The number of aromatic nitrogens is 1. The summed E-state index contributed by atoms with van der Waals surface area (Å²) in [4.78, 5) is 10.7. The summed E-state index contributed by atoms with van der Waals surface area (Å²) in [5, 5.41) is 12.1. The fraction of sp³-hybridized carbons (Fsp3) is 0.231. The molecule has 4 nitrogen and oxygen atoms in total. The van der Waals surface area contributed by atoms with Gasteiger partial charge in [-0.15, -0.1) is 0 Å². The molecule has 0 bridgehead atoms. The van der Waals surface area contributed by atoms with Gasteiger partial charge < -0.3 is 9.63 Å². The summed E-state index contributed by atoms with van der Waals surface area (Å²) < 4.78 is 30.8. The van der Waals surface area contributed by atoms with Crippen LogP contribution in [0.1, 0.15) is 23.0 Å². The lowest BCUT2D eigenvalue weighted by molar-refractivity contribution is 0.0226. The van der Waals surface area contributed by atoms with Crippen molar-refractivity contribution in [3.8, 4) is 11.3 Å². The van der Waals surface area contributed by atoms with Crippen molar-refractivity contribution < 1.29 is 23.2 Å². The molecule has 0 spiro atoms. The van der Waals surface area contributed by atoms with E-state index in [1.807, 2.05) is 0 Å². The molecule has 0 fully saturated rings. The Balaban J connectivity index is 2.29. The number of benzene rings is 1. The molecule has 100 valence electrons. The number of carbonyl (C=O) groups is 1. The SMILES string of the molecule is CC(F)(F)Cc1cccc(-c2cc(C(=O)O)no2)c1. The molecule has 6 heteroatoms. The molecule has 0 radical (unpaired) electrons. The Morgan fingerprint density at radius 3 is 2.74 bits per heavy atom.